The van der Waals surface area contributed by atoms with Crippen molar-refractivity contribution in [3.8, 4) is 17.2 Å². The van der Waals surface area contributed by atoms with Gasteiger partial charge >= 0.3 is 6.09 Å². The highest BCUT2D eigenvalue weighted by molar-refractivity contribution is 9.10. The number of hydrogen-bond acceptors (Lipinski definition) is 12. The minimum Gasteiger partial charge on any atom is -0.444 e. The molecule has 264 valence electrons. The quantitative estimate of drug-likeness (QED) is 0.185. The zero-order chi connectivity index (χ0) is 35.7. The molecular formula is C37H40BrN9O2S2. The number of alkyl carbamates (subject to hydrolysis) is 1. The summed E-state index contributed by atoms with van der Waals surface area (Å²) < 4.78 is 6.37. The number of nitriles is 1. The molecule has 2 aliphatic heterocycles. The van der Waals surface area contributed by atoms with E-state index in [0.29, 0.717) is 30.1 Å². The number of nitrogens with one attached hydrogen (secondary N) is 1. The molecular weight excluding hydrogens is 747 g/mol. The molecule has 0 aliphatic carbocycles. The van der Waals surface area contributed by atoms with Crippen molar-refractivity contribution in [2.24, 2.45) is 15.7 Å². The van der Waals surface area contributed by atoms with E-state index >= 15 is 0 Å². The SMILES string of the molecule is C.CC(C)(C)OC(=O)NC1=N[C@](C)(c2cc(Br)cs2)Cc2ncncc21.C[C@@]1(c2cc(-c3cccc(C#N)c3)cs2)Cc2ncncc2C(N)=N1.[HH]. The number of amidine groups is 2. The first kappa shape index (κ1) is 37.4. The molecule has 0 fully saturated rings. The summed E-state index contributed by atoms with van der Waals surface area (Å²) in [4.78, 5) is 40.9. The summed E-state index contributed by atoms with van der Waals surface area (Å²) in [5, 5.41) is 16.0. The van der Waals surface area contributed by atoms with Crippen LogP contribution in [0.3, 0.4) is 0 Å². The predicted molar refractivity (Wildman–Crippen MR) is 208 cm³/mol. The summed E-state index contributed by atoms with van der Waals surface area (Å²) in [6.07, 6.45) is 7.22. The molecule has 0 radical (unpaired) electrons. The lowest BCUT2D eigenvalue weighted by molar-refractivity contribution is 0.0562. The van der Waals surface area contributed by atoms with Gasteiger partial charge in [-0.3, -0.25) is 15.3 Å². The molecule has 5 aromatic rings. The number of nitrogens with two attached hydrogens (primary N) is 1. The summed E-state index contributed by atoms with van der Waals surface area (Å²) in [5.74, 6) is 0.911. The van der Waals surface area contributed by atoms with Gasteiger partial charge in [0.15, 0.2) is 0 Å². The molecule has 6 heterocycles. The Hall–Kier alpha value is -4.84. The number of aromatic nitrogens is 4. The van der Waals surface area contributed by atoms with Crippen molar-refractivity contribution in [1.82, 2.24) is 25.3 Å². The molecule has 0 saturated heterocycles. The van der Waals surface area contributed by atoms with Gasteiger partial charge in [-0.2, -0.15) is 5.26 Å². The van der Waals surface area contributed by atoms with Crippen molar-refractivity contribution in [3.05, 3.63) is 115 Å². The number of carbonyl (C=O) groups is 1. The largest absolute Gasteiger partial charge is 0.444 e. The van der Waals surface area contributed by atoms with E-state index in [1.165, 1.54) is 6.33 Å². The molecule has 0 bridgehead atoms. The van der Waals surface area contributed by atoms with Gasteiger partial charge in [0.1, 0.15) is 29.9 Å². The molecule has 7 rings (SSSR count). The van der Waals surface area contributed by atoms with Crippen molar-refractivity contribution in [2.75, 3.05) is 0 Å². The highest BCUT2D eigenvalue weighted by atomic mass is 79.9. The van der Waals surface area contributed by atoms with Gasteiger partial charge in [-0.05, 0) is 91.3 Å². The van der Waals surface area contributed by atoms with Gasteiger partial charge in [0.2, 0.25) is 0 Å². The van der Waals surface area contributed by atoms with Crippen LogP contribution in [-0.2, 0) is 28.7 Å². The minimum atomic E-state index is -0.586. The van der Waals surface area contributed by atoms with Gasteiger partial charge < -0.3 is 10.5 Å². The zero-order valence-electron chi connectivity index (χ0n) is 28.1. The molecule has 3 N–H and O–H groups in total. The van der Waals surface area contributed by atoms with Gasteiger partial charge in [-0.15, -0.1) is 22.7 Å². The third kappa shape index (κ3) is 8.39. The first-order valence-corrected chi connectivity index (χ1v) is 18.2. The number of fused-ring (bicyclic) bond motifs is 2. The summed E-state index contributed by atoms with van der Waals surface area (Å²) in [5.41, 5.74) is 10.7. The van der Waals surface area contributed by atoms with Crippen LogP contribution in [-0.4, -0.2) is 43.3 Å². The van der Waals surface area contributed by atoms with E-state index in [0.717, 1.165) is 47.9 Å². The van der Waals surface area contributed by atoms with E-state index < -0.39 is 22.8 Å². The number of rotatable bonds is 3. The lowest BCUT2D eigenvalue weighted by atomic mass is 9.89. The van der Waals surface area contributed by atoms with Crippen LogP contribution < -0.4 is 11.1 Å². The Morgan fingerprint density at radius 2 is 1.59 bits per heavy atom. The molecule has 0 saturated carbocycles. The average Bonchev–Trinajstić information content (AvgIpc) is 3.75. The maximum absolute atomic E-state index is 12.2. The Kier molecular flexibility index (Phi) is 10.9. The van der Waals surface area contributed by atoms with Crippen LogP contribution in [0.2, 0.25) is 0 Å². The Morgan fingerprint density at radius 3 is 2.24 bits per heavy atom. The zero-order valence-corrected chi connectivity index (χ0v) is 31.3. The van der Waals surface area contributed by atoms with E-state index in [4.69, 9.17) is 25.7 Å². The summed E-state index contributed by atoms with van der Waals surface area (Å²) in [6.45, 7) is 9.57. The minimum absolute atomic E-state index is 0. The number of ether oxygens (including phenoxy) is 1. The highest BCUT2D eigenvalue weighted by Gasteiger charge is 2.36. The molecule has 1 amide bonds. The monoisotopic (exact) mass is 785 g/mol. The second kappa shape index (κ2) is 14.8. The molecule has 14 heteroatoms. The van der Waals surface area contributed by atoms with Gasteiger partial charge in [-0.25, -0.2) is 24.7 Å². The number of hydrogen-bond donors (Lipinski definition) is 2. The molecule has 0 spiro atoms. The Morgan fingerprint density at radius 1 is 0.961 bits per heavy atom. The topological polar surface area (TPSA) is 164 Å². The third-order valence-corrected chi connectivity index (χ3v) is 11.2. The molecule has 51 heavy (non-hydrogen) atoms. The average molecular weight is 787 g/mol. The fraction of sp³-hybridized carbons (Fsp3) is 0.297. The maximum atomic E-state index is 12.2. The van der Waals surface area contributed by atoms with Crippen molar-refractivity contribution in [3.63, 3.8) is 0 Å². The lowest BCUT2D eigenvalue weighted by Gasteiger charge is -2.31. The first-order chi connectivity index (χ1) is 23.7. The van der Waals surface area contributed by atoms with Gasteiger partial charge in [0.05, 0.1) is 45.2 Å². The van der Waals surface area contributed by atoms with E-state index in [1.807, 2.05) is 57.3 Å². The molecule has 2 atom stereocenters. The smallest absolute Gasteiger partial charge is 0.413 e. The summed E-state index contributed by atoms with van der Waals surface area (Å²) >= 11 is 6.76. The number of thiophene rings is 2. The predicted octanol–water partition coefficient (Wildman–Crippen LogP) is 8.18. The maximum Gasteiger partial charge on any atom is 0.413 e. The lowest BCUT2D eigenvalue weighted by Crippen LogP contribution is -2.41. The standard InChI is InChI=1S/C19H15N5S.C17H19BrN4O2S.CH4.H2/c1-19(7-16-15(18(21)24-19)9-22-11-23-16)17-6-14(10-25-17)13-4-2-3-12(5-13)8-20;1-16(2,3)24-15(23)21-14-11-7-19-9-20-12(11)6-17(4,22-14)13-5-10(18)8-25-13;;/h2-6,9-11H,7H2,1H3,(H2,21,24);5,7-9H,6H2,1-4H3,(H,21,22,23);1H4;1H/t19-;17-;;/m00../s1. The van der Waals surface area contributed by atoms with Crippen LogP contribution in [0.1, 0.15) is 81.3 Å². The van der Waals surface area contributed by atoms with Crippen LogP contribution in [0, 0.1) is 11.3 Å². The Bertz CT molecular complexity index is 2190. The fourth-order valence-electron chi connectivity index (χ4n) is 5.68. The second-order valence-corrected chi connectivity index (χ2v) is 16.0. The van der Waals surface area contributed by atoms with Crippen molar-refractivity contribution in [2.45, 2.75) is 71.6 Å². The number of amides is 1. The first-order valence-electron chi connectivity index (χ1n) is 15.6. The van der Waals surface area contributed by atoms with Crippen molar-refractivity contribution < 1.29 is 11.0 Å². The number of benzene rings is 1. The summed E-state index contributed by atoms with van der Waals surface area (Å²) in [7, 11) is 0. The Labute approximate surface area is 315 Å². The molecule has 11 nitrogen and oxygen atoms in total. The van der Waals surface area contributed by atoms with Crippen molar-refractivity contribution in [1.29, 1.82) is 5.26 Å². The van der Waals surface area contributed by atoms with Crippen LogP contribution in [0.5, 0.6) is 0 Å². The molecule has 4 aromatic heterocycles. The van der Waals surface area contributed by atoms with Crippen LogP contribution in [0.15, 0.2) is 86.7 Å². The third-order valence-electron chi connectivity index (χ3n) is 8.04. The summed E-state index contributed by atoms with van der Waals surface area (Å²) in [6, 6.07) is 14.0. The van der Waals surface area contributed by atoms with Crippen LogP contribution in [0.25, 0.3) is 11.1 Å². The van der Waals surface area contributed by atoms with Crippen LogP contribution >= 0.6 is 38.6 Å². The fourth-order valence-corrected chi connectivity index (χ4v) is 8.24. The van der Waals surface area contributed by atoms with E-state index in [2.05, 4.69) is 65.6 Å². The van der Waals surface area contributed by atoms with E-state index in [1.54, 1.807) is 47.5 Å². The highest BCUT2D eigenvalue weighted by Crippen LogP contribution is 2.40. The molecule has 0 unspecified atom stereocenters. The number of halogens is 1. The Balaban J connectivity index is 0.000000224. The molecule has 2 aliphatic rings. The second-order valence-electron chi connectivity index (χ2n) is 13.3. The number of aliphatic imine (C=N–C) groups is 2. The van der Waals surface area contributed by atoms with E-state index in [9.17, 15) is 4.79 Å². The number of nitrogens with zero attached hydrogens (tertiary/aromatic N) is 7. The van der Waals surface area contributed by atoms with Gasteiger partial charge in [0.25, 0.3) is 0 Å². The van der Waals surface area contributed by atoms with E-state index in [-0.39, 0.29) is 8.85 Å². The van der Waals surface area contributed by atoms with Gasteiger partial charge in [-0.1, -0.05) is 19.6 Å². The van der Waals surface area contributed by atoms with Crippen molar-refractivity contribution >= 4 is 56.4 Å². The van der Waals surface area contributed by atoms with Crippen LogP contribution in [0.4, 0.5) is 4.79 Å². The normalized spacial score (nSPS) is 19.0. The molecule has 1 aromatic carbocycles. The van der Waals surface area contributed by atoms with Gasteiger partial charge in [0, 0.05) is 46.3 Å². The number of carbonyl (C=O) groups excluding carboxylic acids is 1.